The lowest BCUT2D eigenvalue weighted by molar-refractivity contribution is 0.171. The van der Waals surface area contributed by atoms with E-state index in [4.69, 9.17) is 9.47 Å². The number of nitrogens with zero attached hydrogens (tertiary/aromatic N) is 2. The highest BCUT2D eigenvalue weighted by atomic mass is 127. The second-order valence-corrected chi connectivity index (χ2v) is 8.09. The summed E-state index contributed by atoms with van der Waals surface area (Å²) in [5.41, 5.74) is 2.29. The Morgan fingerprint density at radius 3 is 2.63 bits per heavy atom. The third-order valence-electron chi connectivity index (χ3n) is 4.60. The van der Waals surface area contributed by atoms with Crippen LogP contribution in [0.2, 0.25) is 0 Å². The van der Waals surface area contributed by atoms with Gasteiger partial charge in [-0.15, -0.1) is 35.3 Å². The molecule has 1 aromatic heterocycles. The predicted molar refractivity (Wildman–Crippen MR) is 138 cm³/mol. The molecule has 0 aliphatic heterocycles. The summed E-state index contributed by atoms with van der Waals surface area (Å²) in [7, 11) is 7.70. The average molecular weight is 547 g/mol. The van der Waals surface area contributed by atoms with Crippen molar-refractivity contribution < 1.29 is 9.47 Å². The van der Waals surface area contributed by atoms with Crippen LogP contribution in [-0.4, -0.2) is 58.9 Å². The van der Waals surface area contributed by atoms with Crippen molar-refractivity contribution in [1.29, 1.82) is 0 Å². The molecule has 0 radical (unpaired) electrons. The number of halogens is 1. The lowest BCUT2D eigenvalue weighted by Gasteiger charge is -2.24. The first kappa shape index (κ1) is 26.7. The summed E-state index contributed by atoms with van der Waals surface area (Å²) in [6.07, 6.45) is 0.870. The van der Waals surface area contributed by atoms with Crippen molar-refractivity contribution in [2.75, 3.05) is 48.0 Å². The van der Waals surface area contributed by atoms with Crippen LogP contribution in [0.1, 0.15) is 28.5 Å². The van der Waals surface area contributed by atoms with Gasteiger partial charge in [0.05, 0.1) is 12.6 Å². The van der Waals surface area contributed by atoms with Gasteiger partial charge in [-0.1, -0.05) is 18.2 Å². The molecule has 2 rings (SSSR count). The maximum Gasteiger partial charge on any atom is 0.191 e. The highest BCUT2D eigenvalue weighted by molar-refractivity contribution is 14.0. The van der Waals surface area contributed by atoms with Crippen LogP contribution in [0.25, 0.3) is 0 Å². The third kappa shape index (κ3) is 8.79. The van der Waals surface area contributed by atoms with E-state index in [0.717, 1.165) is 30.2 Å². The zero-order chi connectivity index (χ0) is 21.1. The molecule has 0 amide bonds. The number of hydrogen-bond donors (Lipinski definition) is 2. The van der Waals surface area contributed by atoms with Crippen LogP contribution < -0.4 is 15.4 Å². The summed E-state index contributed by atoms with van der Waals surface area (Å²) in [5, 5.41) is 8.97. The molecular formula is C22H35IN4O2S. The van der Waals surface area contributed by atoms with Gasteiger partial charge in [-0.25, -0.2) is 0 Å². The topological polar surface area (TPSA) is 58.1 Å². The minimum Gasteiger partial charge on any atom is -0.493 e. The highest BCUT2D eigenvalue weighted by Gasteiger charge is 2.15. The number of rotatable bonds is 11. The first-order valence-corrected chi connectivity index (χ1v) is 10.8. The summed E-state index contributed by atoms with van der Waals surface area (Å²) in [6.45, 7) is 4.84. The second-order valence-electron chi connectivity index (χ2n) is 7.11. The van der Waals surface area contributed by atoms with Gasteiger partial charge in [-0.3, -0.25) is 4.99 Å². The van der Waals surface area contributed by atoms with Crippen molar-refractivity contribution in [2.24, 2.45) is 4.99 Å². The predicted octanol–water partition coefficient (Wildman–Crippen LogP) is 4.06. The number of aliphatic imine (C=N–C) groups is 1. The zero-order valence-electron chi connectivity index (χ0n) is 18.6. The third-order valence-corrected chi connectivity index (χ3v) is 5.57. The Labute approximate surface area is 202 Å². The second kappa shape index (κ2) is 14.6. The van der Waals surface area contributed by atoms with E-state index in [9.17, 15) is 0 Å². The molecule has 0 bridgehead atoms. The minimum absolute atomic E-state index is 0. The van der Waals surface area contributed by atoms with Crippen molar-refractivity contribution >= 4 is 41.3 Å². The zero-order valence-corrected chi connectivity index (χ0v) is 21.8. The van der Waals surface area contributed by atoms with Gasteiger partial charge < -0.3 is 25.0 Å². The van der Waals surface area contributed by atoms with Crippen LogP contribution in [0.5, 0.6) is 5.75 Å². The molecule has 0 aliphatic carbocycles. The van der Waals surface area contributed by atoms with E-state index in [1.165, 1.54) is 10.4 Å². The Morgan fingerprint density at radius 1 is 1.20 bits per heavy atom. The molecule has 168 valence electrons. The number of methoxy groups -OCH3 is 1. The first-order chi connectivity index (χ1) is 14.0. The molecule has 0 spiro atoms. The monoisotopic (exact) mass is 546 g/mol. The van der Waals surface area contributed by atoms with Crippen molar-refractivity contribution in [3.63, 3.8) is 0 Å². The number of likely N-dealkylation sites (N-methyl/N-ethyl adjacent to an activating group) is 1. The lowest BCUT2D eigenvalue weighted by atomic mass is 10.1. The minimum atomic E-state index is 0. The summed E-state index contributed by atoms with van der Waals surface area (Å²) in [4.78, 5) is 7.93. The number of ether oxygens (including phenoxy) is 2. The maximum atomic E-state index is 5.98. The van der Waals surface area contributed by atoms with Gasteiger partial charge in [0.25, 0.3) is 0 Å². The van der Waals surface area contributed by atoms with E-state index in [-0.39, 0.29) is 24.0 Å². The van der Waals surface area contributed by atoms with Crippen molar-refractivity contribution in [2.45, 2.75) is 25.9 Å². The summed E-state index contributed by atoms with van der Waals surface area (Å²) < 4.78 is 11.1. The molecule has 1 heterocycles. The van der Waals surface area contributed by atoms with Gasteiger partial charge in [0.15, 0.2) is 5.96 Å². The maximum absolute atomic E-state index is 5.98. The van der Waals surface area contributed by atoms with Crippen LogP contribution in [-0.2, 0) is 11.3 Å². The Hall–Kier alpha value is -1.36. The quantitative estimate of drug-likeness (QED) is 0.193. The molecule has 2 N–H and O–H groups in total. The standard InChI is InChI=1S/C22H34N4O2S.HI/c1-17-9-10-18(20(14-17)28-12-7-11-27-5)15-24-22(23-2)25-16-19(26(3)4)21-8-6-13-29-21;/h6,8-10,13-14,19H,7,11-12,15-16H2,1-5H3,(H2,23,24,25);1H. The Morgan fingerprint density at radius 2 is 2.00 bits per heavy atom. The van der Waals surface area contributed by atoms with Crippen LogP contribution in [0.15, 0.2) is 40.7 Å². The summed E-state index contributed by atoms with van der Waals surface area (Å²) >= 11 is 1.78. The van der Waals surface area contributed by atoms with E-state index in [1.54, 1.807) is 25.5 Å². The molecule has 1 unspecified atom stereocenters. The fourth-order valence-corrected chi connectivity index (χ4v) is 3.86. The number of guanidine groups is 1. The largest absolute Gasteiger partial charge is 0.493 e. The van der Waals surface area contributed by atoms with Crippen LogP contribution >= 0.6 is 35.3 Å². The van der Waals surface area contributed by atoms with E-state index in [0.29, 0.717) is 25.8 Å². The molecule has 0 aliphatic rings. The Bertz CT molecular complexity index is 754. The van der Waals surface area contributed by atoms with Gasteiger partial charge in [-0.2, -0.15) is 0 Å². The molecule has 0 saturated heterocycles. The molecular weight excluding hydrogens is 511 g/mol. The normalized spacial score (nSPS) is 12.4. The fraction of sp³-hybridized carbons (Fsp3) is 0.500. The molecule has 2 aromatic rings. The Balaban J connectivity index is 0.00000450. The smallest absolute Gasteiger partial charge is 0.191 e. The van der Waals surface area contributed by atoms with Gasteiger partial charge in [-0.05, 0) is 44.1 Å². The summed E-state index contributed by atoms with van der Waals surface area (Å²) in [6, 6.07) is 10.9. The SMILES string of the molecule is CN=C(NCc1ccc(C)cc1OCCCOC)NCC(c1cccs1)N(C)C.I. The van der Waals surface area contributed by atoms with Crippen LogP contribution in [0.4, 0.5) is 0 Å². The van der Waals surface area contributed by atoms with Crippen molar-refractivity contribution in [3.05, 3.63) is 51.7 Å². The molecule has 0 fully saturated rings. The van der Waals surface area contributed by atoms with Crippen LogP contribution in [0, 0.1) is 6.92 Å². The van der Waals surface area contributed by atoms with Gasteiger partial charge in [0.1, 0.15) is 5.75 Å². The molecule has 30 heavy (non-hydrogen) atoms. The van der Waals surface area contributed by atoms with Crippen molar-refractivity contribution in [3.8, 4) is 5.75 Å². The first-order valence-electron chi connectivity index (χ1n) is 9.90. The number of benzene rings is 1. The number of thiophene rings is 1. The Kier molecular flexibility index (Phi) is 13.0. The lowest BCUT2D eigenvalue weighted by Crippen LogP contribution is -2.41. The molecule has 0 saturated carbocycles. The molecule has 8 heteroatoms. The van der Waals surface area contributed by atoms with E-state index < -0.39 is 0 Å². The summed E-state index contributed by atoms with van der Waals surface area (Å²) in [5.74, 6) is 1.69. The van der Waals surface area contributed by atoms with Crippen LogP contribution in [0.3, 0.4) is 0 Å². The average Bonchev–Trinajstić information content (AvgIpc) is 3.23. The van der Waals surface area contributed by atoms with E-state index in [2.05, 4.69) is 77.3 Å². The fourth-order valence-electron chi connectivity index (χ4n) is 2.94. The van der Waals surface area contributed by atoms with Gasteiger partial charge in [0.2, 0.25) is 0 Å². The highest BCUT2D eigenvalue weighted by Crippen LogP contribution is 2.22. The number of nitrogens with one attached hydrogen (secondary N) is 2. The number of aryl methyl sites for hydroxylation is 1. The molecule has 1 atom stereocenters. The van der Waals surface area contributed by atoms with E-state index >= 15 is 0 Å². The molecule has 1 aromatic carbocycles. The van der Waals surface area contributed by atoms with E-state index in [1.807, 2.05) is 0 Å². The van der Waals surface area contributed by atoms with Gasteiger partial charge >= 0.3 is 0 Å². The van der Waals surface area contributed by atoms with Crippen molar-refractivity contribution in [1.82, 2.24) is 15.5 Å². The number of hydrogen-bond acceptors (Lipinski definition) is 5. The van der Waals surface area contributed by atoms with Gasteiger partial charge in [0, 0.05) is 50.7 Å². The molecule has 6 nitrogen and oxygen atoms in total.